The molecule has 3 aliphatic rings. The molecule has 0 aromatic carbocycles. The molecule has 0 aromatic heterocycles. The van der Waals surface area contributed by atoms with E-state index in [1.807, 2.05) is 4.90 Å². The summed E-state index contributed by atoms with van der Waals surface area (Å²) < 4.78 is 0. The molecule has 1 heterocycles. The fraction of sp³-hybridized carbons (Fsp3) is 0.857. The number of aliphatic carboxylic acids is 1. The predicted octanol–water partition coefficient (Wildman–Crippen LogP) is 1.89. The average molecular weight is 251 g/mol. The first-order valence-electron chi connectivity index (χ1n) is 6.92. The zero-order valence-electron chi connectivity index (χ0n) is 11.1. The maximum atomic E-state index is 12.5. The molecule has 0 unspecified atom stereocenters. The smallest absolute Gasteiger partial charge is 0.311 e. The van der Waals surface area contributed by atoms with Crippen LogP contribution in [0.1, 0.15) is 46.0 Å². The van der Waals surface area contributed by atoms with Crippen LogP contribution < -0.4 is 0 Å². The Morgan fingerprint density at radius 3 is 2.50 bits per heavy atom. The van der Waals surface area contributed by atoms with Crippen molar-refractivity contribution in [1.29, 1.82) is 0 Å². The number of carboxylic acid groups (broad SMARTS) is 1. The second-order valence-electron chi connectivity index (χ2n) is 6.90. The predicted molar refractivity (Wildman–Crippen MR) is 65.9 cm³/mol. The van der Waals surface area contributed by atoms with Crippen molar-refractivity contribution >= 4 is 11.9 Å². The molecule has 1 aliphatic heterocycles. The van der Waals surface area contributed by atoms with E-state index < -0.39 is 11.4 Å². The fourth-order valence-corrected chi connectivity index (χ4v) is 3.98. The molecule has 0 bridgehead atoms. The minimum Gasteiger partial charge on any atom is -0.481 e. The van der Waals surface area contributed by atoms with Crippen molar-refractivity contribution in [1.82, 2.24) is 4.90 Å². The number of carbonyl (C=O) groups is 2. The summed E-state index contributed by atoms with van der Waals surface area (Å²) >= 11 is 0. The van der Waals surface area contributed by atoms with Crippen LogP contribution in [0.4, 0.5) is 0 Å². The summed E-state index contributed by atoms with van der Waals surface area (Å²) in [5.74, 6) is -0.368. The van der Waals surface area contributed by atoms with Gasteiger partial charge in [0.1, 0.15) is 0 Å². The topological polar surface area (TPSA) is 57.6 Å². The molecule has 2 aliphatic carbocycles. The Labute approximate surface area is 107 Å². The van der Waals surface area contributed by atoms with Crippen LogP contribution in [0, 0.1) is 16.7 Å². The molecule has 1 amide bonds. The lowest BCUT2D eigenvalue weighted by atomic mass is 9.82. The van der Waals surface area contributed by atoms with Gasteiger partial charge < -0.3 is 10.0 Å². The largest absolute Gasteiger partial charge is 0.481 e. The quantitative estimate of drug-likeness (QED) is 0.815. The number of carboxylic acids is 1. The van der Waals surface area contributed by atoms with Gasteiger partial charge in [-0.25, -0.2) is 0 Å². The Morgan fingerprint density at radius 1 is 1.28 bits per heavy atom. The zero-order chi connectivity index (χ0) is 13.1. The maximum Gasteiger partial charge on any atom is 0.311 e. The molecule has 100 valence electrons. The van der Waals surface area contributed by atoms with E-state index >= 15 is 0 Å². The van der Waals surface area contributed by atoms with Gasteiger partial charge in [0.25, 0.3) is 0 Å². The molecule has 2 saturated carbocycles. The highest BCUT2D eigenvalue weighted by atomic mass is 16.4. The molecule has 3 fully saturated rings. The molecular formula is C14H21NO3. The first-order valence-corrected chi connectivity index (χ1v) is 6.92. The summed E-state index contributed by atoms with van der Waals surface area (Å²) in [4.78, 5) is 25.9. The molecule has 1 N–H and O–H groups in total. The molecule has 0 spiro atoms. The standard InChI is InChI=1S/C14H21NO3/c1-13(2)8-9(13)11(16)15-7-6-14(12(17)18)5-3-4-10(14)15/h9-10H,3-8H2,1-2H3,(H,17,18)/t9-,10+,14-/m1/s1. The molecule has 0 radical (unpaired) electrons. The van der Waals surface area contributed by atoms with E-state index in [4.69, 9.17) is 0 Å². The third-order valence-electron chi connectivity index (χ3n) is 5.43. The normalized spacial score (nSPS) is 40.7. The van der Waals surface area contributed by atoms with Crippen molar-refractivity contribution < 1.29 is 14.7 Å². The van der Waals surface area contributed by atoms with Crippen LogP contribution in [0.15, 0.2) is 0 Å². The molecule has 3 rings (SSSR count). The van der Waals surface area contributed by atoms with Gasteiger partial charge in [-0.1, -0.05) is 20.3 Å². The van der Waals surface area contributed by atoms with Gasteiger partial charge in [0.05, 0.1) is 5.41 Å². The van der Waals surface area contributed by atoms with Crippen LogP contribution >= 0.6 is 0 Å². The number of likely N-dealkylation sites (tertiary alicyclic amines) is 1. The second-order valence-corrected chi connectivity index (χ2v) is 6.90. The van der Waals surface area contributed by atoms with Crippen molar-refractivity contribution in [3.63, 3.8) is 0 Å². The van der Waals surface area contributed by atoms with Crippen LogP contribution in [0.25, 0.3) is 0 Å². The maximum absolute atomic E-state index is 12.5. The molecule has 18 heavy (non-hydrogen) atoms. The summed E-state index contributed by atoms with van der Waals surface area (Å²) in [5.41, 5.74) is -0.501. The summed E-state index contributed by atoms with van der Waals surface area (Å²) in [6, 6.07) is -0.0427. The van der Waals surface area contributed by atoms with Crippen molar-refractivity contribution in [2.75, 3.05) is 6.54 Å². The Bertz CT molecular complexity index is 417. The third-order valence-corrected chi connectivity index (χ3v) is 5.43. The minimum atomic E-state index is -0.699. The molecule has 0 aromatic rings. The van der Waals surface area contributed by atoms with Crippen LogP contribution in [0.3, 0.4) is 0 Å². The van der Waals surface area contributed by atoms with Gasteiger partial charge in [-0.05, 0) is 31.1 Å². The Hall–Kier alpha value is -1.06. The van der Waals surface area contributed by atoms with E-state index in [1.54, 1.807) is 0 Å². The van der Waals surface area contributed by atoms with E-state index in [1.165, 1.54) is 0 Å². The van der Waals surface area contributed by atoms with Crippen LogP contribution in [-0.4, -0.2) is 34.5 Å². The minimum absolute atomic E-state index is 0.0427. The lowest BCUT2D eigenvalue weighted by Gasteiger charge is -2.29. The van der Waals surface area contributed by atoms with Gasteiger partial charge in [-0.15, -0.1) is 0 Å². The van der Waals surface area contributed by atoms with E-state index in [9.17, 15) is 14.7 Å². The average Bonchev–Trinajstić information content (AvgIpc) is 2.65. The van der Waals surface area contributed by atoms with Crippen molar-refractivity contribution in [3.05, 3.63) is 0 Å². The number of nitrogens with zero attached hydrogens (tertiary/aromatic N) is 1. The summed E-state index contributed by atoms with van der Waals surface area (Å²) in [5, 5.41) is 9.49. The summed E-state index contributed by atoms with van der Waals surface area (Å²) in [6.45, 7) is 4.87. The van der Waals surface area contributed by atoms with Crippen molar-refractivity contribution in [2.45, 2.75) is 52.0 Å². The number of carbonyl (C=O) groups excluding carboxylic acids is 1. The molecular weight excluding hydrogens is 230 g/mol. The van der Waals surface area contributed by atoms with Crippen LogP contribution in [0.5, 0.6) is 0 Å². The monoisotopic (exact) mass is 251 g/mol. The van der Waals surface area contributed by atoms with Gasteiger partial charge in [0.15, 0.2) is 0 Å². The first kappa shape index (κ1) is 12.0. The highest BCUT2D eigenvalue weighted by Crippen LogP contribution is 2.55. The lowest BCUT2D eigenvalue weighted by molar-refractivity contribution is -0.150. The Kier molecular flexibility index (Phi) is 2.32. The zero-order valence-corrected chi connectivity index (χ0v) is 11.1. The van der Waals surface area contributed by atoms with E-state index in [-0.39, 0.29) is 23.3 Å². The fourth-order valence-electron chi connectivity index (χ4n) is 3.98. The van der Waals surface area contributed by atoms with Gasteiger partial charge >= 0.3 is 5.97 Å². The van der Waals surface area contributed by atoms with Gasteiger partial charge in [0, 0.05) is 18.5 Å². The van der Waals surface area contributed by atoms with E-state index in [0.717, 1.165) is 25.7 Å². The van der Waals surface area contributed by atoms with Crippen LogP contribution in [-0.2, 0) is 9.59 Å². The third kappa shape index (κ3) is 1.44. The molecule has 1 saturated heterocycles. The number of amides is 1. The van der Waals surface area contributed by atoms with Gasteiger partial charge in [-0.3, -0.25) is 9.59 Å². The second kappa shape index (κ2) is 3.49. The SMILES string of the molecule is CC1(C)C[C@@H]1C(=O)N1CC[C@]2(C(=O)O)CCC[C@H]12. The molecule has 3 atom stereocenters. The number of hydrogen-bond acceptors (Lipinski definition) is 2. The van der Waals surface area contributed by atoms with E-state index in [0.29, 0.717) is 13.0 Å². The summed E-state index contributed by atoms with van der Waals surface area (Å²) in [6.07, 6.45) is 4.14. The Balaban J connectivity index is 1.80. The van der Waals surface area contributed by atoms with Gasteiger partial charge in [-0.2, -0.15) is 0 Å². The highest BCUT2D eigenvalue weighted by molar-refractivity contribution is 5.85. The van der Waals surface area contributed by atoms with Gasteiger partial charge in [0.2, 0.25) is 5.91 Å². The Morgan fingerprint density at radius 2 is 1.94 bits per heavy atom. The van der Waals surface area contributed by atoms with E-state index in [2.05, 4.69) is 13.8 Å². The first-order chi connectivity index (χ1) is 8.38. The summed E-state index contributed by atoms with van der Waals surface area (Å²) in [7, 11) is 0. The van der Waals surface area contributed by atoms with Crippen LogP contribution in [0.2, 0.25) is 0 Å². The molecule has 4 heteroatoms. The lowest BCUT2D eigenvalue weighted by Crippen LogP contribution is -2.44. The number of hydrogen-bond donors (Lipinski definition) is 1. The molecule has 4 nitrogen and oxygen atoms in total. The highest BCUT2D eigenvalue weighted by Gasteiger charge is 2.60. The number of rotatable bonds is 2. The number of fused-ring (bicyclic) bond motifs is 1. The van der Waals surface area contributed by atoms with Crippen molar-refractivity contribution in [2.24, 2.45) is 16.7 Å². The van der Waals surface area contributed by atoms with Crippen molar-refractivity contribution in [3.8, 4) is 0 Å².